The molecule has 1 aliphatic rings. The highest BCUT2D eigenvalue weighted by Crippen LogP contribution is 2.30. The Balaban J connectivity index is 2.74. The molecule has 0 aliphatic carbocycles. The van der Waals surface area contributed by atoms with Gasteiger partial charge in [0.15, 0.2) is 0 Å². The zero-order valence-corrected chi connectivity index (χ0v) is 8.32. The van der Waals surface area contributed by atoms with Crippen LogP contribution >= 0.6 is 0 Å². The van der Waals surface area contributed by atoms with E-state index in [1.165, 1.54) is 25.5 Å². The summed E-state index contributed by atoms with van der Waals surface area (Å²) in [6, 6.07) is 4.55. The van der Waals surface area contributed by atoms with Crippen LogP contribution in [0.15, 0.2) is 28.1 Å². The van der Waals surface area contributed by atoms with Crippen LogP contribution in [0.4, 0.5) is 11.4 Å². The lowest BCUT2D eigenvalue weighted by Gasteiger charge is -2.19. The lowest BCUT2D eigenvalue weighted by Crippen LogP contribution is -2.27. The maximum atomic E-state index is 11.7. The van der Waals surface area contributed by atoms with Crippen molar-refractivity contribution >= 4 is 27.7 Å². The van der Waals surface area contributed by atoms with E-state index < -0.39 is 10.0 Å². The molecule has 0 saturated heterocycles. The van der Waals surface area contributed by atoms with E-state index >= 15 is 0 Å². The molecule has 0 aromatic heterocycles. The summed E-state index contributed by atoms with van der Waals surface area (Å²) in [7, 11) is -1.97. The smallest absolute Gasteiger partial charge is 0.266 e. The fourth-order valence-corrected chi connectivity index (χ4v) is 2.31. The van der Waals surface area contributed by atoms with E-state index in [2.05, 4.69) is 4.99 Å². The maximum Gasteiger partial charge on any atom is 0.266 e. The van der Waals surface area contributed by atoms with Gasteiger partial charge in [-0.25, -0.2) is 13.4 Å². The Hall–Kier alpha value is -1.56. The highest BCUT2D eigenvalue weighted by atomic mass is 32.2. The summed E-state index contributed by atoms with van der Waals surface area (Å²) in [5.41, 5.74) is 6.42. The molecular formula is C8H9N3O2S. The quantitative estimate of drug-likeness (QED) is 0.637. The van der Waals surface area contributed by atoms with Crippen molar-refractivity contribution < 1.29 is 8.42 Å². The summed E-state index contributed by atoms with van der Waals surface area (Å²) < 4.78 is 24.5. The van der Waals surface area contributed by atoms with Crippen LogP contribution in [0.2, 0.25) is 0 Å². The standard InChI is InChI=1S/C8H9N3O2S/c1-11-5-10-7-4-6(9)2-3-8(7)14(11,12)13/h2-5H,9H2,1H3. The Morgan fingerprint density at radius 1 is 1.43 bits per heavy atom. The van der Waals surface area contributed by atoms with Crippen LogP contribution in [0.5, 0.6) is 0 Å². The number of sulfonamides is 1. The predicted octanol–water partition coefficient (Wildman–Crippen LogP) is 0.563. The zero-order valence-electron chi connectivity index (χ0n) is 7.51. The number of rotatable bonds is 0. The van der Waals surface area contributed by atoms with Gasteiger partial charge in [0.25, 0.3) is 10.0 Å². The normalized spacial score (nSPS) is 17.9. The second kappa shape index (κ2) is 2.71. The Bertz CT molecular complexity index is 507. The molecular weight excluding hydrogens is 202 g/mol. The van der Waals surface area contributed by atoms with Crippen molar-refractivity contribution in [3.8, 4) is 0 Å². The number of hydrogen-bond acceptors (Lipinski definition) is 4. The monoisotopic (exact) mass is 211 g/mol. The van der Waals surface area contributed by atoms with Gasteiger partial charge >= 0.3 is 0 Å². The first-order chi connectivity index (χ1) is 6.51. The first kappa shape index (κ1) is 9.01. The molecule has 0 radical (unpaired) electrons. The van der Waals surface area contributed by atoms with Gasteiger partial charge in [-0.1, -0.05) is 0 Å². The number of anilines is 1. The SMILES string of the molecule is CN1C=Nc2cc(N)ccc2S1(=O)=O. The average Bonchev–Trinajstić information content (AvgIpc) is 2.12. The molecule has 0 bridgehead atoms. The van der Waals surface area contributed by atoms with E-state index in [1.54, 1.807) is 6.07 Å². The fraction of sp³-hybridized carbons (Fsp3) is 0.125. The summed E-state index contributed by atoms with van der Waals surface area (Å²) in [6.07, 6.45) is 1.26. The molecule has 0 amide bonds. The molecule has 2 rings (SSSR count). The van der Waals surface area contributed by atoms with Crippen LogP contribution in [0.3, 0.4) is 0 Å². The molecule has 0 spiro atoms. The van der Waals surface area contributed by atoms with Crippen molar-refractivity contribution in [1.82, 2.24) is 4.31 Å². The van der Waals surface area contributed by atoms with Gasteiger partial charge in [-0.3, -0.25) is 4.31 Å². The van der Waals surface area contributed by atoms with E-state index in [1.807, 2.05) is 0 Å². The van der Waals surface area contributed by atoms with Crippen LogP contribution in [0.1, 0.15) is 0 Å². The van der Waals surface area contributed by atoms with Crippen molar-refractivity contribution in [2.75, 3.05) is 12.8 Å². The Kier molecular flexibility index (Phi) is 1.75. The lowest BCUT2D eigenvalue weighted by molar-refractivity contribution is 0.554. The van der Waals surface area contributed by atoms with Crippen LogP contribution in [-0.4, -0.2) is 26.1 Å². The molecule has 0 atom stereocenters. The number of fused-ring (bicyclic) bond motifs is 1. The van der Waals surface area contributed by atoms with Crippen molar-refractivity contribution in [2.45, 2.75) is 4.90 Å². The highest BCUT2D eigenvalue weighted by molar-refractivity contribution is 7.89. The van der Waals surface area contributed by atoms with Crippen molar-refractivity contribution in [3.05, 3.63) is 18.2 Å². The van der Waals surface area contributed by atoms with Gasteiger partial charge in [0.2, 0.25) is 0 Å². The third kappa shape index (κ3) is 1.15. The van der Waals surface area contributed by atoms with Gasteiger partial charge in [-0.05, 0) is 18.2 Å². The van der Waals surface area contributed by atoms with E-state index in [0.29, 0.717) is 11.4 Å². The number of nitrogens with zero attached hydrogens (tertiary/aromatic N) is 2. The van der Waals surface area contributed by atoms with Gasteiger partial charge in [0, 0.05) is 12.7 Å². The molecule has 0 unspecified atom stereocenters. The molecule has 74 valence electrons. The second-order valence-electron chi connectivity index (χ2n) is 2.99. The molecule has 1 aromatic carbocycles. The van der Waals surface area contributed by atoms with E-state index in [4.69, 9.17) is 5.73 Å². The van der Waals surface area contributed by atoms with Crippen molar-refractivity contribution in [1.29, 1.82) is 0 Å². The first-order valence-corrected chi connectivity index (χ1v) is 5.37. The minimum atomic E-state index is -3.41. The summed E-state index contributed by atoms with van der Waals surface area (Å²) in [5.74, 6) is 0. The average molecular weight is 211 g/mol. The molecule has 6 heteroatoms. The van der Waals surface area contributed by atoms with Gasteiger partial charge < -0.3 is 5.73 Å². The number of hydrogen-bond donors (Lipinski definition) is 1. The summed E-state index contributed by atoms with van der Waals surface area (Å²) in [6.45, 7) is 0. The number of nitrogens with two attached hydrogens (primary N) is 1. The molecule has 14 heavy (non-hydrogen) atoms. The molecule has 2 N–H and O–H groups in total. The largest absolute Gasteiger partial charge is 0.399 e. The maximum absolute atomic E-state index is 11.7. The first-order valence-electron chi connectivity index (χ1n) is 3.93. The second-order valence-corrected chi connectivity index (χ2v) is 4.96. The van der Waals surface area contributed by atoms with Gasteiger partial charge in [0.1, 0.15) is 11.2 Å². The minimum absolute atomic E-state index is 0.191. The molecule has 1 aromatic rings. The number of aliphatic imine (C=N–C) groups is 1. The van der Waals surface area contributed by atoms with Crippen molar-refractivity contribution in [2.24, 2.45) is 4.99 Å². The van der Waals surface area contributed by atoms with Crippen molar-refractivity contribution in [3.63, 3.8) is 0 Å². The Morgan fingerprint density at radius 3 is 2.86 bits per heavy atom. The molecule has 0 saturated carbocycles. The Morgan fingerprint density at radius 2 is 2.14 bits per heavy atom. The summed E-state index contributed by atoms with van der Waals surface area (Å²) >= 11 is 0. The van der Waals surface area contributed by atoms with Gasteiger partial charge in [-0.15, -0.1) is 0 Å². The summed E-state index contributed by atoms with van der Waals surface area (Å²) in [4.78, 5) is 4.16. The topological polar surface area (TPSA) is 75.8 Å². The molecule has 0 fully saturated rings. The van der Waals surface area contributed by atoms with Gasteiger partial charge in [0.05, 0.1) is 5.69 Å². The third-order valence-electron chi connectivity index (χ3n) is 2.00. The predicted molar refractivity (Wildman–Crippen MR) is 54.0 cm³/mol. The molecule has 1 aliphatic heterocycles. The zero-order chi connectivity index (χ0) is 10.3. The van der Waals surface area contributed by atoms with Gasteiger partial charge in [-0.2, -0.15) is 0 Å². The van der Waals surface area contributed by atoms with E-state index in [-0.39, 0.29) is 4.90 Å². The van der Waals surface area contributed by atoms with Crippen LogP contribution in [0.25, 0.3) is 0 Å². The Labute approximate surface area is 81.9 Å². The number of nitrogen functional groups attached to an aromatic ring is 1. The number of benzene rings is 1. The highest BCUT2D eigenvalue weighted by Gasteiger charge is 2.25. The van der Waals surface area contributed by atoms with Crippen LogP contribution < -0.4 is 5.73 Å². The third-order valence-corrected chi connectivity index (χ3v) is 3.75. The van der Waals surface area contributed by atoms with Crippen LogP contribution in [-0.2, 0) is 10.0 Å². The molecule has 5 nitrogen and oxygen atoms in total. The van der Waals surface area contributed by atoms with E-state index in [0.717, 1.165) is 4.31 Å². The minimum Gasteiger partial charge on any atom is -0.399 e. The molecule has 1 heterocycles. The lowest BCUT2D eigenvalue weighted by atomic mass is 10.3. The van der Waals surface area contributed by atoms with E-state index in [9.17, 15) is 8.42 Å². The summed E-state index contributed by atoms with van der Waals surface area (Å²) in [5, 5.41) is 0. The van der Waals surface area contributed by atoms with Crippen LogP contribution in [0, 0.1) is 0 Å². The fourth-order valence-electron chi connectivity index (χ4n) is 1.21.